The summed E-state index contributed by atoms with van der Waals surface area (Å²) in [6.45, 7) is 0. The first kappa shape index (κ1) is 19.9. The minimum Gasteiger partial charge on any atom is -0.319 e. The van der Waals surface area contributed by atoms with Crippen LogP contribution in [0.2, 0.25) is 0 Å². The number of halogens is 3. The van der Waals surface area contributed by atoms with Crippen LogP contribution in [-0.2, 0) is 9.59 Å². The Hall–Kier alpha value is -2.84. The van der Waals surface area contributed by atoms with E-state index < -0.39 is 23.4 Å². The summed E-state index contributed by atoms with van der Waals surface area (Å²) in [7, 11) is 0. The van der Waals surface area contributed by atoms with Gasteiger partial charge in [0.05, 0.1) is 15.2 Å². The average molecular weight is 463 g/mol. The third-order valence-electron chi connectivity index (χ3n) is 3.63. The third kappa shape index (κ3) is 4.90. The van der Waals surface area contributed by atoms with Gasteiger partial charge < -0.3 is 10.6 Å². The molecule has 0 radical (unpaired) electrons. The highest BCUT2D eigenvalue weighted by Crippen LogP contribution is 2.24. The summed E-state index contributed by atoms with van der Waals surface area (Å²) in [5, 5.41) is 6.48. The normalized spacial score (nSPS) is 10.2. The Balaban J connectivity index is 1.92. The minimum atomic E-state index is -0.818. The van der Waals surface area contributed by atoms with Gasteiger partial charge in [-0.1, -0.05) is 24.3 Å². The van der Waals surface area contributed by atoms with E-state index in [9.17, 15) is 18.4 Å². The monoisotopic (exact) mass is 462 g/mol. The Kier molecular flexibility index (Phi) is 6.33. The van der Waals surface area contributed by atoms with E-state index in [1.54, 1.807) is 23.6 Å². The molecule has 28 heavy (non-hydrogen) atoms. The van der Waals surface area contributed by atoms with Crippen LogP contribution in [0.15, 0.2) is 69.3 Å². The highest BCUT2D eigenvalue weighted by Gasteiger charge is 2.21. The molecule has 0 saturated carbocycles. The molecule has 2 N–H and O–H groups in total. The zero-order chi connectivity index (χ0) is 20.1. The standard InChI is InChI=1S/C20H13BrF2N2O2S/c21-18-10-12(11-28-18)9-13(19(26)24-16-7-3-1-5-14(16)22)20(27)25-17-8-4-2-6-15(17)23/h1-11H,(H,24,26)(H,25,27). The third-order valence-corrected chi connectivity index (χ3v) is 5.15. The molecular weight excluding hydrogens is 450 g/mol. The van der Waals surface area contributed by atoms with Crippen molar-refractivity contribution < 1.29 is 18.4 Å². The van der Waals surface area contributed by atoms with Crippen molar-refractivity contribution in [1.82, 2.24) is 0 Å². The van der Waals surface area contributed by atoms with Gasteiger partial charge in [-0.3, -0.25) is 9.59 Å². The number of rotatable bonds is 5. The summed E-state index contributed by atoms with van der Waals surface area (Å²) < 4.78 is 28.5. The number of nitrogens with one attached hydrogen (secondary N) is 2. The molecule has 3 rings (SSSR count). The van der Waals surface area contributed by atoms with E-state index in [0.29, 0.717) is 5.56 Å². The number of carbonyl (C=O) groups excluding carboxylic acids is 2. The molecule has 0 aliphatic heterocycles. The molecule has 8 heteroatoms. The van der Waals surface area contributed by atoms with Crippen molar-refractivity contribution in [3.8, 4) is 0 Å². The number of amides is 2. The maximum absolute atomic E-state index is 13.9. The average Bonchev–Trinajstić information content (AvgIpc) is 3.08. The number of carbonyl (C=O) groups is 2. The molecule has 1 aromatic heterocycles. The Morgan fingerprint density at radius 2 is 1.39 bits per heavy atom. The van der Waals surface area contributed by atoms with Gasteiger partial charge >= 0.3 is 0 Å². The summed E-state index contributed by atoms with van der Waals surface area (Å²) in [6.07, 6.45) is 1.35. The van der Waals surface area contributed by atoms with Crippen molar-refractivity contribution in [2.45, 2.75) is 0 Å². The van der Waals surface area contributed by atoms with Crippen molar-refractivity contribution in [3.05, 3.63) is 86.5 Å². The van der Waals surface area contributed by atoms with E-state index in [1.165, 1.54) is 53.8 Å². The fourth-order valence-corrected chi connectivity index (χ4v) is 3.44. The van der Waals surface area contributed by atoms with Gasteiger partial charge in [-0.2, -0.15) is 0 Å². The molecule has 1 heterocycles. The molecule has 0 bridgehead atoms. The second kappa shape index (κ2) is 8.90. The van der Waals surface area contributed by atoms with E-state index in [4.69, 9.17) is 0 Å². The van der Waals surface area contributed by atoms with E-state index >= 15 is 0 Å². The molecule has 2 aromatic carbocycles. The fraction of sp³-hybridized carbons (Fsp3) is 0. The predicted octanol–water partition coefficient (Wildman–Crippen LogP) is 5.45. The summed E-state index contributed by atoms with van der Waals surface area (Å²) in [6, 6.07) is 12.9. The van der Waals surface area contributed by atoms with Gasteiger partial charge in [-0.15, -0.1) is 11.3 Å². The van der Waals surface area contributed by atoms with Gasteiger partial charge in [-0.25, -0.2) is 8.78 Å². The van der Waals surface area contributed by atoms with Gasteiger partial charge in [0.2, 0.25) is 0 Å². The molecular formula is C20H13BrF2N2O2S. The molecule has 3 aromatic rings. The summed E-state index contributed by atoms with van der Waals surface area (Å²) in [5.74, 6) is -2.91. The van der Waals surface area contributed by atoms with Crippen molar-refractivity contribution >= 4 is 56.5 Å². The largest absolute Gasteiger partial charge is 0.319 e. The van der Waals surface area contributed by atoms with Gasteiger partial charge in [0.25, 0.3) is 11.8 Å². The Labute approximate surface area is 172 Å². The SMILES string of the molecule is O=C(Nc1ccccc1F)C(=Cc1csc(Br)c1)C(=O)Nc1ccccc1F. The topological polar surface area (TPSA) is 58.2 Å². The first-order chi connectivity index (χ1) is 13.4. The predicted molar refractivity (Wildman–Crippen MR) is 110 cm³/mol. The van der Waals surface area contributed by atoms with Crippen molar-refractivity contribution in [2.24, 2.45) is 0 Å². The molecule has 0 atom stereocenters. The maximum atomic E-state index is 13.9. The van der Waals surface area contributed by atoms with Crippen LogP contribution in [0.1, 0.15) is 5.56 Å². The van der Waals surface area contributed by atoms with Crippen molar-refractivity contribution in [1.29, 1.82) is 0 Å². The summed E-state index contributed by atoms with van der Waals surface area (Å²) in [4.78, 5) is 25.4. The highest BCUT2D eigenvalue weighted by molar-refractivity contribution is 9.11. The highest BCUT2D eigenvalue weighted by atomic mass is 79.9. The minimum absolute atomic E-state index is 0.0661. The number of anilines is 2. The number of thiophene rings is 1. The van der Waals surface area contributed by atoms with Crippen LogP contribution in [0, 0.1) is 11.6 Å². The van der Waals surface area contributed by atoms with Crippen LogP contribution in [0.5, 0.6) is 0 Å². The number of benzene rings is 2. The van der Waals surface area contributed by atoms with Crippen LogP contribution < -0.4 is 10.6 Å². The number of hydrogen-bond acceptors (Lipinski definition) is 3. The molecule has 4 nitrogen and oxygen atoms in total. The molecule has 0 saturated heterocycles. The molecule has 0 fully saturated rings. The molecule has 0 aliphatic carbocycles. The molecule has 0 spiro atoms. The van der Waals surface area contributed by atoms with Crippen LogP contribution in [-0.4, -0.2) is 11.8 Å². The molecule has 2 amide bonds. The second-order valence-corrected chi connectivity index (χ2v) is 7.90. The maximum Gasteiger partial charge on any atom is 0.261 e. The van der Waals surface area contributed by atoms with Gasteiger partial charge in [0.1, 0.15) is 17.2 Å². The van der Waals surface area contributed by atoms with E-state index in [-0.39, 0.29) is 16.9 Å². The number of hydrogen-bond donors (Lipinski definition) is 2. The van der Waals surface area contributed by atoms with Crippen LogP contribution in [0.3, 0.4) is 0 Å². The molecule has 0 aliphatic rings. The van der Waals surface area contributed by atoms with E-state index in [0.717, 1.165) is 3.79 Å². The Morgan fingerprint density at radius 3 is 1.82 bits per heavy atom. The zero-order valence-corrected chi connectivity index (χ0v) is 16.6. The van der Waals surface area contributed by atoms with Crippen molar-refractivity contribution in [3.63, 3.8) is 0 Å². The van der Waals surface area contributed by atoms with Crippen LogP contribution in [0.25, 0.3) is 6.08 Å². The Morgan fingerprint density at radius 1 is 0.893 bits per heavy atom. The van der Waals surface area contributed by atoms with Gasteiger partial charge in [0.15, 0.2) is 0 Å². The first-order valence-electron chi connectivity index (χ1n) is 8.01. The lowest BCUT2D eigenvalue weighted by Gasteiger charge is -2.11. The van der Waals surface area contributed by atoms with Gasteiger partial charge in [0, 0.05) is 0 Å². The summed E-state index contributed by atoms with van der Waals surface area (Å²) >= 11 is 4.68. The molecule has 0 unspecified atom stereocenters. The van der Waals surface area contributed by atoms with E-state index in [2.05, 4.69) is 26.6 Å². The lowest BCUT2D eigenvalue weighted by atomic mass is 10.1. The smallest absolute Gasteiger partial charge is 0.261 e. The fourth-order valence-electron chi connectivity index (χ4n) is 2.30. The van der Waals surface area contributed by atoms with Crippen LogP contribution in [0.4, 0.5) is 20.2 Å². The van der Waals surface area contributed by atoms with E-state index in [1.807, 2.05) is 0 Å². The lowest BCUT2D eigenvalue weighted by Crippen LogP contribution is -2.26. The first-order valence-corrected chi connectivity index (χ1v) is 9.69. The van der Waals surface area contributed by atoms with Gasteiger partial charge in [-0.05, 0) is 63.3 Å². The second-order valence-electron chi connectivity index (χ2n) is 5.61. The number of para-hydroxylation sites is 2. The quantitative estimate of drug-likeness (QED) is 0.301. The lowest BCUT2D eigenvalue weighted by molar-refractivity contribution is -0.118. The Bertz CT molecular complexity index is 1000. The van der Waals surface area contributed by atoms with Crippen molar-refractivity contribution in [2.75, 3.05) is 10.6 Å². The van der Waals surface area contributed by atoms with Crippen LogP contribution >= 0.6 is 27.3 Å². The summed E-state index contributed by atoms with van der Waals surface area (Å²) in [5.41, 5.74) is 0.170. The zero-order valence-electron chi connectivity index (χ0n) is 14.2. The molecule has 142 valence electrons.